The van der Waals surface area contributed by atoms with Crippen LogP contribution in [0.3, 0.4) is 0 Å². The van der Waals surface area contributed by atoms with Crippen molar-refractivity contribution in [2.24, 2.45) is 0 Å². The number of fused-ring (bicyclic) bond motifs is 2. The predicted molar refractivity (Wildman–Crippen MR) is 86.8 cm³/mol. The molecule has 22 heavy (non-hydrogen) atoms. The zero-order valence-corrected chi connectivity index (χ0v) is 11.7. The van der Waals surface area contributed by atoms with Crippen molar-refractivity contribution in [3.8, 4) is 11.1 Å². The number of benzene rings is 4. The molecule has 0 saturated carbocycles. The fourth-order valence-corrected chi connectivity index (χ4v) is 2.99. The Kier molecular flexibility index (Phi) is 2.90. The first-order valence-electron chi connectivity index (χ1n) is 7.09. The van der Waals surface area contributed by atoms with Gasteiger partial charge in [0.2, 0.25) is 0 Å². The highest BCUT2D eigenvalue weighted by Gasteiger charge is 2.11. The highest BCUT2D eigenvalue weighted by molar-refractivity contribution is 6.05. The number of hydrogen-bond acceptors (Lipinski definition) is 0. The average Bonchev–Trinajstić information content (AvgIpc) is 2.53. The van der Waals surface area contributed by atoms with Crippen molar-refractivity contribution in [2.75, 3.05) is 0 Å². The van der Waals surface area contributed by atoms with Crippen LogP contribution in [0, 0.1) is 11.6 Å². The molecule has 0 saturated heterocycles. The summed E-state index contributed by atoms with van der Waals surface area (Å²) < 4.78 is 28.0. The van der Waals surface area contributed by atoms with Crippen LogP contribution >= 0.6 is 0 Å². The normalized spacial score (nSPS) is 11.2. The van der Waals surface area contributed by atoms with Crippen LogP contribution in [-0.4, -0.2) is 0 Å². The van der Waals surface area contributed by atoms with Crippen molar-refractivity contribution >= 4 is 21.5 Å². The lowest BCUT2D eigenvalue weighted by atomic mass is 9.93. The van der Waals surface area contributed by atoms with E-state index < -0.39 is 0 Å². The van der Waals surface area contributed by atoms with Gasteiger partial charge in [-0.05, 0) is 56.9 Å². The third kappa shape index (κ3) is 2.04. The van der Waals surface area contributed by atoms with Gasteiger partial charge >= 0.3 is 0 Å². The summed E-state index contributed by atoms with van der Waals surface area (Å²) in [6, 6.07) is 21.1. The molecule has 0 bridgehead atoms. The fraction of sp³-hybridized carbons (Fsp3) is 0. The summed E-state index contributed by atoms with van der Waals surface area (Å²) in [5.41, 5.74) is 1.43. The first kappa shape index (κ1) is 13.0. The van der Waals surface area contributed by atoms with Crippen LogP contribution in [0.2, 0.25) is 0 Å². The van der Waals surface area contributed by atoms with Crippen LogP contribution in [0.5, 0.6) is 0 Å². The molecule has 4 aromatic rings. The monoisotopic (exact) mass is 290 g/mol. The molecule has 0 atom stereocenters. The van der Waals surface area contributed by atoms with Crippen LogP contribution in [-0.2, 0) is 0 Å². The molecule has 4 aromatic carbocycles. The topological polar surface area (TPSA) is 0 Å². The summed E-state index contributed by atoms with van der Waals surface area (Å²) in [5, 5.41) is 3.45. The highest BCUT2D eigenvalue weighted by Crippen LogP contribution is 2.35. The number of rotatable bonds is 1. The molecule has 0 aliphatic heterocycles. The van der Waals surface area contributed by atoms with Crippen LogP contribution in [0.1, 0.15) is 0 Å². The largest absolute Gasteiger partial charge is 0.207 e. The van der Waals surface area contributed by atoms with E-state index in [1.165, 1.54) is 24.3 Å². The van der Waals surface area contributed by atoms with Gasteiger partial charge in [-0.25, -0.2) is 8.78 Å². The Balaban J connectivity index is 2.16. The van der Waals surface area contributed by atoms with Crippen LogP contribution in [0.25, 0.3) is 32.7 Å². The van der Waals surface area contributed by atoms with E-state index in [2.05, 4.69) is 0 Å². The van der Waals surface area contributed by atoms with Crippen molar-refractivity contribution in [1.29, 1.82) is 0 Å². The minimum atomic E-state index is -0.318. The molecule has 0 spiro atoms. The quantitative estimate of drug-likeness (QED) is 0.407. The molecule has 0 aliphatic carbocycles. The second-order valence-corrected chi connectivity index (χ2v) is 5.35. The summed E-state index contributed by atoms with van der Waals surface area (Å²) in [5.74, 6) is -0.635. The lowest BCUT2D eigenvalue weighted by molar-refractivity contribution is 0.628. The second-order valence-electron chi connectivity index (χ2n) is 5.35. The van der Waals surface area contributed by atoms with Crippen LogP contribution in [0.15, 0.2) is 72.8 Å². The van der Waals surface area contributed by atoms with E-state index in [4.69, 9.17) is 0 Å². The van der Waals surface area contributed by atoms with E-state index in [0.717, 1.165) is 21.5 Å². The highest BCUT2D eigenvalue weighted by atomic mass is 19.1. The molecule has 2 heteroatoms. The summed E-state index contributed by atoms with van der Waals surface area (Å²) >= 11 is 0. The molecule has 0 amide bonds. The first-order chi connectivity index (χ1) is 10.7. The number of halogens is 2. The van der Waals surface area contributed by atoms with Gasteiger partial charge in [-0.3, -0.25) is 0 Å². The van der Waals surface area contributed by atoms with Gasteiger partial charge in [-0.1, -0.05) is 48.5 Å². The zero-order valence-electron chi connectivity index (χ0n) is 11.7. The summed E-state index contributed by atoms with van der Waals surface area (Å²) in [6.07, 6.45) is 0. The molecule has 0 N–H and O–H groups in total. The second kappa shape index (κ2) is 4.92. The van der Waals surface area contributed by atoms with Gasteiger partial charge < -0.3 is 0 Å². The van der Waals surface area contributed by atoms with Crippen LogP contribution < -0.4 is 0 Å². The SMILES string of the molecule is Fc1cc(-c2cc(F)cc3ccccc23)c2ccccc2c1. The van der Waals surface area contributed by atoms with Gasteiger partial charge in [-0.15, -0.1) is 0 Å². The molecule has 0 fully saturated rings. The molecule has 0 aliphatic rings. The standard InChI is InChI=1S/C20H12F2/c21-15-9-13-5-1-3-7-17(13)19(11-15)20-12-16(22)10-14-6-2-4-8-18(14)20/h1-12H. The Labute approximate surface area is 126 Å². The molecular formula is C20H12F2. The Hall–Kier alpha value is -2.74. The number of hydrogen-bond donors (Lipinski definition) is 0. The fourth-order valence-electron chi connectivity index (χ4n) is 2.99. The average molecular weight is 290 g/mol. The van der Waals surface area contributed by atoms with E-state index in [9.17, 15) is 8.78 Å². The van der Waals surface area contributed by atoms with Gasteiger partial charge in [0.15, 0.2) is 0 Å². The van der Waals surface area contributed by atoms with E-state index in [-0.39, 0.29) is 11.6 Å². The van der Waals surface area contributed by atoms with Crippen LogP contribution in [0.4, 0.5) is 8.78 Å². The maximum Gasteiger partial charge on any atom is 0.124 e. The molecule has 0 nitrogen and oxygen atoms in total. The minimum absolute atomic E-state index is 0.318. The van der Waals surface area contributed by atoms with Gasteiger partial charge in [-0.2, -0.15) is 0 Å². The Morgan fingerprint density at radius 2 is 0.909 bits per heavy atom. The Morgan fingerprint density at radius 3 is 1.36 bits per heavy atom. The molecule has 4 rings (SSSR count). The minimum Gasteiger partial charge on any atom is -0.207 e. The van der Waals surface area contributed by atoms with Crippen molar-refractivity contribution in [3.05, 3.63) is 84.4 Å². The van der Waals surface area contributed by atoms with Crippen molar-refractivity contribution in [2.45, 2.75) is 0 Å². The Bertz CT molecular complexity index is 920. The maximum absolute atomic E-state index is 14.0. The molecule has 106 valence electrons. The first-order valence-corrected chi connectivity index (χ1v) is 7.09. The summed E-state index contributed by atoms with van der Waals surface area (Å²) in [7, 11) is 0. The van der Waals surface area contributed by atoms with Gasteiger partial charge in [0.25, 0.3) is 0 Å². The van der Waals surface area contributed by atoms with Gasteiger partial charge in [0.05, 0.1) is 0 Å². The van der Waals surface area contributed by atoms with E-state index in [0.29, 0.717) is 11.1 Å². The van der Waals surface area contributed by atoms with Crippen molar-refractivity contribution in [3.63, 3.8) is 0 Å². The summed E-state index contributed by atoms with van der Waals surface area (Å²) in [4.78, 5) is 0. The van der Waals surface area contributed by atoms with Crippen molar-refractivity contribution < 1.29 is 8.78 Å². The lowest BCUT2D eigenvalue weighted by Gasteiger charge is -2.11. The Morgan fingerprint density at radius 1 is 0.500 bits per heavy atom. The smallest absolute Gasteiger partial charge is 0.124 e. The van der Waals surface area contributed by atoms with Crippen molar-refractivity contribution in [1.82, 2.24) is 0 Å². The lowest BCUT2D eigenvalue weighted by Crippen LogP contribution is -1.88. The van der Waals surface area contributed by atoms with Gasteiger partial charge in [0.1, 0.15) is 11.6 Å². The third-order valence-electron chi connectivity index (χ3n) is 3.94. The molecule has 0 aromatic heterocycles. The summed E-state index contributed by atoms with van der Waals surface area (Å²) in [6.45, 7) is 0. The van der Waals surface area contributed by atoms with E-state index in [1.54, 1.807) is 0 Å². The van der Waals surface area contributed by atoms with E-state index >= 15 is 0 Å². The predicted octanol–water partition coefficient (Wildman–Crippen LogP) is 5.94. The zero-order chi connectivity index (χ0) is 15.1. The third-order valence-corrected chi connectivity index (χ3v) is 3.94. The maximum atomic E-state index is 14.0. The molecule has 0 radical (unpaired) electrons. The molecule has 0 heterocycles. The van der Waals surface area contributed by atoms with Gasteiger partial charge in [0, 0.05) is 0 Å². The van der Waals surface area contributed by atoms with E-state index in [1.807, 2.05) is 48.5 Å². The molecular weight excluding hydrogens is 278 g/mol. The molecule has 0 unspecified atom stereocenters.